The van der Waals surface area contributed by atoms with Crippen molar-refractivity contribution >= 4 is 33.4 Å². The van der Waals surface area contributed by atoms with Gasteiger partial charge in [-0.05, 0) is 37.3 Å². The van der Waals surface area contributed by atoms with Crippen molar-refractivity contribution < 1.29 is 4.79 Å². The molecular weight excluding hydrogens is 326 g/mol. The Bertz CT molecular complexity index is 374. The first kappa shape index (κ1) is 15.1. The third kappa shape index (κ3) is 4.09. The molecule has 19 heavy (non-hydrogen) atoms. The summed E-state index contributed by atoms with van der Waals surface area (Å²) in [7, 11) is 0. The van der Waals surface area contributed by atoms with Crippen LogP contribution in [0.3, 0.4) is 0 Å². The van der Waals surface area contributed by atoms with Crippen LogP contribution in [0.1, 0.15) is 44.9 Å². The van der Waals surface area contributed by atoms with Crippen molar-refractivity contribution in [2.45, 2.75) is 51.0 Å². The van der Waals surface area contributed by atoms with Crippen LogP contribution in [-0.4, -0.2) is 22.2 Å². The van der Waals surface area contributed by atoms with Crippen LogP contribution in [0.2, 0.25) is 0 Å². The van der Waals surface area contributed by atoms with E-state index in [0.29, 0.717) is 12.3 Å². The molecule has 1 amide bonds. The number of allylic oxidation sites excluding steroid dienone is 2. The van der Waals surface area contributed by atoms with Crippen molar-refractivity contribution in [3.05, 3.63) is 23.4 Å². The first-order valence-corrected chi connectivity index (χ1v) is 8.65. The molecule has 0 N–H and O–H groups in total. The second-order valence-corrected chi connectivity index (χ2v) is 6.58. The largest absolute Gasteiger partial charge is 0.312 e. The van der Waals surface area contributed by atoms with Gasteiger partial charge in [0.2, 0.25) is 5.91 Å². The molecule has 0 spiro atoms. The minimum atomic E-state index is 0.167. The number of hydrogen-bond acceptors (Lipinski definition) is 1. The highest BCUT2D eigenvalue weighted by molar-refractivity contribution is 9.09. The van der Waals surface area contributed by atoms with E-state index in [1.807, 2.05) is 17.2 Å². The van der Waals surface area contributed by atoms with Crippen molar-refractivity contribution in [1.82, 2.24) is 4.90 Å². The highest BCUT2D eigenvalue weighted by atomic mass is 79.9. The van der Waals surface area contributed by atoms with E-state index in [2.05, 4.69) is 22.0 Å². The molecule has 4 heteroatoms. The van der Waals surface area contributed by atoms with E-state index in [1.165, 1.54) is 32.1 Å². The quantitative estimate of drug-likeness (QED) is 0.682. The third-order valence-electron chi connectivity index (χ3n) is 3.99. The zero-order valence-corrected chi connectivity index (χ0v) is 13.5. The Hall–Kier alpha value is -0.280. The van der Waals surface area contributed by atoms with Crippen LogP contribution in [0.15, 0.2) is 23.4 Å². The van der Waals surface area contributed by atoms with Crippen molar-refractivity contribution in [2.75, 3.05) is 5.33 Å². The van der Waals surface area contributed by atoms with E-state index in [1.54, 1.807) is 0 Å². The van der Waals surface area contributed by atoms with E-state index in [-0.39, 0.29) is 11.9 Å². The van der Waals surface area contributed by atoms with E-state index < -0.39 is 0 Å². The molecule has 0 aromatic carbocycles. The van der Waals surface area contributed by atoms with Gasteiger partial charge in [-0.25, -0.2) is 0 Å². The van der Waals surface area contributed by atoms with Crippen molar-refractivity contribution in [3.8, 4) is 0 Å². The molecule has 1 aliphatic heterocycles. The van der Waals surface area contributed by atoms with Gasteiger partial charge in [0.05, 0.1) is 6.04 Å². The SMILES string of the molecule is O=C(CCCBr)N1C=CC(Cl)=CC1C1CCCCC1. The van der Waals surface area contributed by atoms with E-state index in [9.17, 15) is 4.79 Å². The first-order valence-electron chi connectivity index (χ1n) is 7.15. The van der Waals surface area contributed by atoms with Crippen LogP contribution < -0.4 is 0 Å². The van der Waals surface area contributed by atoms with Gasteiger partial charge in [-0.3, -0.25) is 4.79 Å². The molecule has 2 rings (SSSR count). The van der Waals surface area contributed by atoms with E-state index in [4.69, 9.17) is 11.6 Å². The van der Waals surface area contributed by atoms with Gasteiger partial charge in [-0.2, -0.15) is 0 Å². The molecule has 1 atom stereocenters. The third-order valence-corrected chi connectivity index (χ3v) is 4.80. The maximum Gasteiger partial charge on any atom is 0.227 e. The van der Waals surface area contributed by atoms with Crippen LogP contribution in [0.25, 0.3) is 0 Å². The number of nitrogens with zero attached hydrogens (tertiary/aromatic N) is 1. The Labute approximate surface area is 129 Å². The van der Waals surface area contributed by atoms with Crippen molar-refractivity contribution in [3.63, 3.8) is 0 Å². The van der Waals surface area contributed by atoms with Gasteiger partial charge < -0.3 is 4.90 Å². The fraction of sp³-hybridized carbons (Fsp3) is 0.667. The molecule has 0 bridgehead atoms. The molecule has 0 saturated heterocycles. The lowest BCUT2D eigenvalue weighted by Gasteiger charge is -2.37. The fourth-order valence-electron chi connectivity index (χ4n) is 2.99. The second kappa shape index (κ2) is 7.49. The fourth-order valence-corrected chi connectivity index (χ4v) is 3.45. The summed E-state index contributed by atoms with van der Waals surface area (Å²) in [5, 5.41) is 1.64. The normalized spacial score (nSPS) is 24.4. The smallest absolute Gasteiger partial charge is 0.227 e. The monoisotopic (exact) mass is 345 g/mol. The van der Waals surface area contributed by atoms with Gasteiger partial charge in [-0.15, -0.1) is 0 Å². The summed E-state index contributed by atoms with van der Waals surface area (Å²) >= 11 is 9.52. The van der Waals surface area contributed by atoms with Crippen LogP contribution in [0.4, 0.5) is 0 Å². The van der Waals surface area contributed by atoms with Crippen LogP contribution in [0, 0.1) is 5.92 Å². The zero-order chi connectivity index (χ0) is 13.7. The number of carbonyl (C=O) groups is 1. The Morgan fingerprint density at radius 1 is 1.37 bits per heavy atom. The predicted octanol–water partition coefficient (Wildman–Crippen LogP) is 4.59. The molecule has 0 radical (unpaired) electrons. The van der Waals surface area contributed by atoms with Crippen LogP contribution in [0.5, 0.6) is 0 Å². The standard InChI is InChI=1S/C15H21BrClNO/c16-9-4-7-15(19)18-10-8-13(17)11-14(18)12-5-2-1-3-6-12/h8,10-12,14H,1-7,9H2. The summed E-state index contributed by atoms with van der Waals surface area (Å²) < 4.78 is 0. The second-order valence-electron chi connectivity index (χ2n) is 5.35. The Morgan fingerprint density at radius 2 is 2.11 bits per heavy atom. The average molecular weight is 347 g/mol. The van der Waals surface area contributed by atoms with Gasteiger partial charge >= 0.3 is 0 Å². The number of rotatable bonds is 4. The maximum absolute atomic E-state index is 12.3. The number of halogens is 2. The molecule has 2 nitrogen and oxygen atoms in total. The molecule has 1 saturated carbocycles. The number of carbonyl (C=O) groups excluding carboxylic acids is 1. The lowest BCUT2D eigenvalue weighted by molar-refractivity contribution is -0.130. The molecule has 1 fully saturated rings. The molecule has 1 aliphatic carbocycles. The van der Waals surface area contributed by atoms with Crippen LogP contribution >= 0.6 is 27.5 Å². The maximum atomic E-state index is 12.3. The Kier molecular flexibility index (Phi) is 5.96. The average Bonchev–Trinajstić information content (AvgIpc) is 2.45. The van der Waals surface area contributed by atoms with Gasteiger partial charge in [0.15, 0.2) is 0 Å². The molecule has 1 unspecified atom stereocenters. The minimum Gasteiger partial charge on any atom is -0.312 e. The minimum absolute atomic E-state index is 0.167. The lowest BCUT2D eigenvalue weighted by Crippen LogP contribution is -2.42. The summed E-state index contributed by atoms with van der Waals surface area (Å²) in [6, 6.07) is 0.167. The molecule has 0 aromatic heterocycles. The zero-order valence-electron chi connectivity index (χ0n) is 11.2. The van der Waals surface area contributed by atoms with E-state index >= 15 is 0 Å². The van der Waals surface area contributed by atoms with Gasteiger partial charge in [-0.1, -0.05) is 46.8 Å². The van der Waals surface area contributed by atoms with E-state index in [0.717, 1.165) is 16.8 Å². The number of amides is 1. The summed E-state index contributed by atoms with van der Waals surface area (Å²) in [6.07, 6.45) is 13.5. The van der Waals surface area contributed by atoms with Gasteiger partial charge in [0, 0.05) is 23.0 Å². The molecule has 1 heterocycles. The summed E-state index contributed by atoms with van der Waals surface area (Å²) in [4.78, 5) is 14.2. The van der Waals surface area contributed by atoms with Crippen molar-refractivity contribution in [2.24, 2.45) is 5.92 Å². The van der Waals surface area contributed by atoms with Gasteiger partial charge in [0.1, 0.15) is 0 Å². The summed E-state index contributed by atoms with van der Waals surface area (Å²) in [5.41, 5.74) is 0. The molecule has 106 valence electrons. The van der Waals surface area contributed by atoms with Crippen molar-refractivity contribution in [1.29, 1.82) is 0 Å². The highest BCUT2D eigenvalue weighted by Gasteiger charge is 2.30. The lowest BCUT2D eigenvalue weighted by atomic mass is 9.82. The summed E-state index contributed by atoms with van der Waals surface area (Å²) in [6.45, 7) is 0. The predicted molar refractivity (Wildman–Crippen MR) is 83.3 cm³/mol. The first-order chi connectivity index (χ1) is 9.22. The number of hydrogen-bond donors (Lipinski definition) is 0. The number of alkyl halides is 1. The topological polar surface area (TPSA) is 20.3 Å². The molecule has 0 aromatic rings. The Balaban J connectivity index is 2.06. The van der Waals surface area contributed by atoms with Gasteiger partial charge in [0.25, 0.3) is 0 Å². The Morgan fingerprint density at radius 3 is 2.79 bits per heavy atom. The highest BCUT2D eigenvalue weighted by Crippen LogP contribution is 2.33. The van der Waals surface area contributed by atoms with Crippen LogP contribution in [-0.2, 0) is 4.79 Å². The summed E-state index contributed by atoms with van der Waals surface area (Å²) in [5.74, 6) is 0.784. The molecular formula is C15H21BrClNO. The molecule has 2 aliphatic rings.